The summed E-state index contributed by atoms with van der Waals surface area (Å²) in [6.45, 7) is 2.10. The molecule has 0 spiro atoms. The lowest BCUT2D eigenvalue weighted by Gasteiger charge is -2.27. The molecule has 4 heteroatoms. The summed E-state index contributed by atoms with van der Waals surface area (Å²) in [6.07, 6.45) is 6.94. The Morgan fingerprint density at radius 3 is 2.36 bits per heavy atom. The molecule has 14 heavy (non-hydrogen) atoms. The summed E-state index contributed by atoms with van der Waals surface area (Å²) in [4.78, 5) is 0. The average Bonchev–Trinajstić information content (AvgIpc) is 2.14. The average molecular weight is 220 g/mol. The summed E-state index contributed by atoms with van der Waals surface area (Å²) >= 11 is 0. The van der Waals surface area contributed by atoms with Crippen molar-refractivity contribution in [2.45, 2.75) is 45.4 Å². The maximum absolute atomic E-state index is 10.6. The normalized spacial score (nSPS) is 22.1. The molecule has 1 atom stereocenters. The van der Waals surface area contributed by atoms with Crippen molar-refractivity contribution in [2.24, 2.45) is 11.8 Å². The van der Waals surface area contributed by atoms with Gasteiger partial charge >= 0.3 is 0 Å². The van der Waals surface area contributed by atoms with E-state index >= 15 is 0 Å². The molecule has 0 aliphatic heterocycles. The monoisotopic (exact) mass is 220 g/mol. The van der Waals surface area contributed by atoms with E-state index in [9.17, 15) is 8.42 Å². The lowest BCUT2D eigenvalue weighted by molar-refractivity contribution is 0.258. The first kappa shape index (κ1) is 12.0. The van der Waals surface area contributed by atoms with E-state index in [4.69, 9.17) is 4.55 Å². The predicted molar refractivity (Wildman–Crippen MR) is 56.8 cm³/mol. The van der Waals surface area contributed by atoms with Crippen LogP contribution >= 0.6 is 0 Å². The predicted octanol–water partition coefficient (Wildman–Crippen LogP) is 2.48. The first-order valence-corrected chi connectivity index (χ1v) is 7.05. The molecule has 1 unspecified atom stereocenters. The van der Waals surface area contributed by atoms with Crippen molar-refractivity contribution >= 4 is 10.1 Å². The van der Waals surface area contributed by atoms with Gasteiger partial charge in [0.1, 0.15) is 0 Å². The summed E-state index contributed by atoms with van der Waals surface area (Å²) < 4.78 is 29.8. The van der Waals surface area contributed by atoms with E-state index in [1.807, 2.05) is 0 Å². The summed E-state index contributed by atoms with van der Waals surface area (Å²) in [5.41, 5.74) is 0. The van der Waals surface area contributed by atoms with Crippen molar-refractivity contribution in [1.82, 2.24) is 0 Å². The van der Waals surface area contributed by atoms with Crippen molar-refractivity contribution in [3.8, 4) is 0 Å². The zero-order chi connectivity index (χ0) is 10.6. The molecule has 0 heterocycles. The van der Waals surface area contributed by atoms with Gasteiger partial charge in [0.2, 0.25) is 0 Å². The highest BCUT2D eigenvalue weighted by molar-refractivity contribution is 7.85. The molecule has 0 saturated heterocycles. The fourth-order valence-electron chi connectivity index (χ4n) is 2.27. The molecule has 1 aliphatic rings. The van der Waals surface area contributed by atoms with Crippen LogP contribution in [-0.2, 0) is 10.1 Å². The first-order valence-electron chi connectivity index (χ1n) is 5.44. The third kappa shape index (κ3) is 4.42. The van der Waals surface area contributed by atoms with Crippen LogP contribution in [0.5, 0.6) is 0 Å². The van der Waals surface area contributed by atoms with Crippen molar-refractivity contribution in [3.05, 3.63) is 0 Å². The lowest BCUT2D eigenvalue weighted by Crippen LogP contribution is -2.18. The molecule has 0 radical (unpaired) electrons. The van der Waals surface area contributed by atoms with E-state index in [2.05, 4.69) is 6.92 Å². The standard InChI is InChI=1S/C10H20O3S/c1-9(7-8-14(11,12)13)10-5-3-2-4-6-10/h9-10H,2-8H2,1H3,(H,11,12,13). The Labute approximate surface area is 86.6 Å². The largest absolute Gasteiger partial charge is 0.286 e. The molecule has 0 aromatic carbocycles. The SMILES string of the molecule is CC(CCS(=O)(=O)O)C1CCCCC1. The van der Waals surface area contributed by atoms with Gasteiger partial charge in [-0.3, -0.25) is 4.55 Å². The second-order valence-corrected chi connectivity index (χ2v) is 6.02. The summed E-state index contributed by atoms with van der Waals surface area (Å²) in [5.74, 6) is 1.02. The van der Waals surface area contributed by atoms with E-state index in [1.165, 1.54) is 32.1 Å². The molecule has 1 aliphatic carbocycles. The van der Waals surface area contributed by atoms with Gasteiger partial charge in [-0.2, -0.15) is 8.42 Å². The van der Waals surface area contributed by atoms with Crippen LogP contribution in [-0.4, -0.2) is 18.7 Å². The van der Waals surface area contributed by atoms with Crippen molar-refractivity contribution in [3.63, 3.8) is 0 Å². The van der Waals surface area contributed by atoms with Crippen LogP contribution in [0, 0.1) is 11.8 Å². The summed E-state index contributed by atoms with van der Waals surface area (Å²) in [7, 11) is -3.76. The Hall–Kier alpha value is -0.0900. The van der Waals surface area contributed by atoms with Gasteiger partial charge in [-0.05, 0) is 18.3 Å². The van der Waals surface area contributed by atoms with Gasteiger partial charge in [0.05, 0.1) is 5.75 Å². The summed E-state index contributed by atoms with van der Waals surface area (Å²) in [6, 6.07) is 0. The third-order valence-corrected chi connectivity index (χ3v) is 4.04. The van der Waals surface area contributed by atoms with Gasteiger partial charge in [-0.15, -0.1) is 0 Å². The fourth-order valence-corrected chi connectivity index (χ4v) is 2.94. The highest BCUT2D eigenvalue weighted by atomic mass is 32.2. The number of hydrogen-bond donors (Lipinski definition) is 1. The zero-order valence-corrected chi connectivity index (χ0v) is 9.59. The topological polar surface area (TPSA) is 54.4 Å². The van der Waals surface area contributed by atoms with Crippen LogP contribution < -0.4 is 0 Å². The van der Waals surface area contributed by atoms with Gasteiger partial charge in [0.25, 0.3) is 10.1 Å². The minimum absolute atomic E-state index is 0.0787. The molecule has 84 valence electrons. The Bertz CT molecular complexity index is 253. The lowest BCUT2D eigenvalue weighted by atomic mass is 9.80. The minimum Gasteiger partial charge on any atom is -0.286 e. The highest BCUT2D eigenvalue weighted by Crippen LogP contribution is 2.31. The van der Waals surface area contributed by atoms with E-state index in [1.54, 1.807) is 0 Å². The molecular weight excluding hydrogens is 200 g/mol. The van der Waals surface area contributed by atoms with Crippen LogP contribution in [0.3, 0.4) is 0 Å². The van der Waals surface area contributed by atoms with Crippen LogP contribution in [0.1, 0.15) is 45.4 Å². The molecule has 0 bridgehead atoms. The number of rotatable bonds is 4. The van der Waals surface area contributed by atoms with Gasteiger partial charge in [0.15, 0.2) is 0 Å². The van der Waals surface area contributed by atoms with Crippen molar-refractivity contribution in [2.75, 3.05) is 5.75 Å². The minimum atomic E-state index is -3.76. The van der Waals surface area contributed by atoms with E-state index in [0.29, 0.717) is 18.3 Å². The fraction of sp³-hybridized carbons (Fsp3) is 1.00. The van der Waals surface area contributed by atoms with Crippen molar-refractivity contribution < 1.29 is 13.0 Å². The molecular formula is C10H20O3S. The Morgan fingerprint density at radius 2 is 1.86 bits per heavy atom. The molecule has 1 fully saturated rings. The maximum atomic E-state index is 10.6. The van der Waals surface area contributed by atoms with E-state index in [-0.39, 0.29) is 5.75 Å². The highest BCUT2D eigenvalue weighted by Gasteiger charge is 2.21. The first-order chi connectivity index (χ1) is 6.49. The van der Waals surface area contributed by atoms with Gasteiger partial charge in [-0.1, -0.05) is 39.0 Å². The van der Waals surface area contributed by atoms with Crippen LogP contribution in [0.2, 0.25) is 0 Å². The van der Waals surface area contributed by atoms with Gasteiger partial charge < -0.3 is 0 Å². The van der Waals surface area contributed by atoms with E-state index in [0.717, 1.165) is 0 Å². The molecule has 3 nitrogen and oxygen atoms in total. The maximum Gasteiger partial charge on any atom is 0.264 e. The second kappa shape index (κ2) is 5.12. The molecule has 1 saturated carbocycles. The third-order valence-electron chi connectivity index (χ3n) is 3.29. The second-order valence-electron chi connectivity index (χ2n) is 4.45. The van der Waals surface area contributed by atoms with Gasteiger partial charge in [0, 0.05) is 0 Å². The Balaban J connectivity index is 2.30. The van der Waals surface area contributed by atoms with Crippen LogP contribution in [0.25, 0.3) is 0 Å². The molecule has 0 aromatic heterocycles. The molecule has 1 N–H and O–H groups in total. The molecule has 0 amide bonds. The smallest absolute Gasteiger partial charge is 0.264 e. The molecule has 0 aromatic rings. The van der Waals surface area contributed by atoms with Crippen molar-refractivity contribution in [1.29, 1.82) is 0 Å². The quantitative estimate of drug-likeness (QED) is 0.740. The van der Waals surface area contributed by atoms with Crippen LogP contribution in [0.4, 0.5) is 0 Å². The van der Waals surface area contributed by atoms with Crippen LogP contribution in [0.15, 0.2) is 0 Å². The Kier molecular flexibility index (Phi) is 4.38. The Morgan fingerprint density at radius 1 is 1.29 bits per heavy atom. The number of hydrogen-bond acceptors (Lipinski definition) is 2. The summed E-state index contributed by atoms with van der Waals surface area (Å²) in [5, 5.41) is 0. The van der Waals surface area contributed by atoms with E-state index < -0.39 is 10.1 Å². The zero-order valence-electron chi connectivity index (χ0n) is 8.78. The molecule has 1 rings (SSSR count). The van der Waals surface area contributed by atoms with Gasteiger partial charge in [-0.25, -0.2) is 0 Å².